The molecule has 2 atom stereocenters. The molecule has 1 aliphatic heterocycles. The second kappa shape index (κ2) is 11.0. The Morgan fingerprint density at radius 1 is 0.848 bits per heavy atom. The number of hydrogen-bond donors (Lipinski definition) is 1. The lowest BCUT2D eigenvalue weighted by Gasteiger charge is -2.30. The third kappa shape index (κ3) is 6.49. The van der Waals surface area contributed by atoms with Crippen LogP contribution in [0, 0.1) is 0 Å². The number of rotatable bonds is 7. The Kier molecular flexibility index (Phi) is 7.89. The lowest BCUT2D eigenvalue weighted by molar-refractivity contribution is 0.0728. The molecule has 0 unspecified atom stereocenters. The number of carbonyl (C=O) groups is 1. The van der Waals surface area contributed by atoms with E-state index in [0.717, 1.165) is 16.7 Å². The minimum Gasteiger partial charge on any atom is -0.445 e. The fourth-order valence-corrected chi connectivity index (χ4v) is 4.28. The van der Waals surface area contributed by atoms with Crippen molar-refractivity contribution in [2.75, 3.05) is 13.1 Å². The smallest absolute Gasteiger partial charge is 0.410 e. The van der Waals surface area contributed by atoms with E-state index in [1.165, 1.54) is 0 Å². The van der Waals surface area contributed by atoms with Crippen molar-refractivity contribution in [2.24, 2.45) is 0 Å². The maximum Gasteiger partial charge on any atom is 0.410 e. The molecular weight excluding hydrogens is 459 g/mol. The molecule has 3 aromatic carbocycles. The van der Waals surface area contributed by atoms with Crippen LogP contribution < -0.4 is 0 Å². The zero-order valence-corrected chi connectivity index (χ0v) is 19.6. The maximum absolute atomic E-state index is 12.7. The van der Waals surface area contributed by atoms with E-state index in [1.807, 2.05) is 78.9 Å². The average Bonchev–Trinajstić information content (AvgIpc) is 3.22. The van der Waals surface area contributed by atoms with Gasteiger partial charge in [0.1, 0.15) is 6.61 Å². The second-order valence-electron chi connectivity index (χ2n) is 8.24. The first-order valence-corrected chi connectivity index (χ1v) is 11.6. The van der Waals surface area contributed by atoms with Crippen LogP contribution in [0.1, 0.15) is 16.7 Å². The first-order valence-electron chi connectivity index (χ1n) is 10.8. The quantitative estimate of drug-likeness (QED) is 0.489. The summed E-state index contributed by atoms with van der Waals surface area (Å²) in [5, 5.41) is 12.2. The van der Waals surface area contributed by atoms with Gasteiger partial charge in [-0.25, -0.2) is 4.79 Å². The number of halogens is 2. The van der Waals surface area contributed by atoms with E-state index in [2.05, 4.69) is 4.90 Å². The molecule has 172 valence electrons. The summed E-state index contributed by atoms with van der Waals surface area (Å²) in [6.45, 7) is 2.03. The summed E-state index contributed by atoms with van der Waals surface area (Å²) in [6.07, 6.45) is -1.10. The van der Waals surface area contributed by atoms with Gasteiger partial charge in [0.15, 0.2) is 0 Å². The van der Waals surface area contributed by atoms with Crippen LogP contribution in [0.5, 0.6) is 0 Å². The topological polar surface area (TPSA) is 53.0 Å². The zero-order chi connectivity index (χ0) is 23.2. The molecule has 1 N–H and O–H groups in total. The Morgan fingerprint density at radius 2 is 1.39 bits per heavy atom. The number of amides is 1. The van der Waals surface area contributed by atoms with Gasteiger partial charge >= 0.3 is 6.09 Å². The van der Waals surface area contributed by atoms with Gasteiger partial charge in [-0.2, -0.15) is 0 Å². The van der Waals surface area contributed by atoms with E-state index >= 15 is 0 Å². The van der Waals surface area contributed by atoms with E-state index in [1.54, 1.807) is 4.90 Å². The van der Waals surface area contributed by atoms with Crippen LogP contribution in [0.15, 0.2) is 78.9 Å². The molecule has 1 amide bonds. The molecule has 0 spiro atoms. The number of ether oxygens (including phenoxy) is 1. The predicted molar refractivity (Wildman–Crippen MR) is 130 cm³/mol. The van der Waals surface area contributed by atoms with Gasteiger partial charge in [-0.15, -0.1) is 0 Å². The highest BCUT2D eigenvalue weighted by Gasteiger charge is 2.38. The summed E-state index contributed by atoms with van der Waals surface area (Å²) in [6, 6.07) is 24.7. The van der Waals surface area contributed by atoms with Crippen molar-refractivity contribution in [1.82, 2.24) is 9.80 Å². The average molecular weight is 485 g/mol. The van der Waals surface area contributed by atoms with Crippen molar-refractivity contribution in [1.29, 1.82) is 0 Å². The molecule has 1 aliphatic rings. The maximum atomic E-state index is 12.7. The molecule has 5 nitrogen and oxygen atoms in total. The van der Waals surface area contributed by atoms with Crippen molar-refractivity contribution in [3.8, 4) is 0 Å². The Bertz CT molecular complexity index is 998. The highest BCUT2D eigenvalue weighted by atomic mass is 35.5. The first-order chi connectivity index (χ1) is 16.0. The summed E-state index contributed by atoms with van der Waals surface area (Å²) in [7, 11) is 0. The third-order valence-corrected chi connectivity index (χ3v) is 6.29. The van der Waals surface area contributed by atoms with Crippen molar-refractivity contribution in [2.45, 2.75) is 31.8 Å². The molecule has 1 heterocycles. The molecule has 3 aromatic rings. The van der Waals surface area contributed by atoms with Crippen molar-refractivity contribution in [3.63, 3.8) is 0 Å². The molecule has 0 aliphatic carbocycles. The van der Waals surface area contributed by atoms with Crippen LogP contribution in [0.4, 0.5) is 4.79 Å². The number of β-amino-alcohol motifs (C(OH)–C–C–N with tert-alkyl or cyclic N) is 1. The van der Waals surface area contributed by atoms with Gasteiger partial charge in [0.2, 0.25) is 0 Å². The molecule has 4 rings (SSSR count). The van der Waals surface area contributed by atoms with Gasteiger partial charge in [0.05, 0.1) is 18.7 Å². The van der Waals surface area contributed by atoms with E-state index in [4.69, 9.17) is 27.9 Å². The Balaban J connectivity index is 1.46. The normalized spacial score (nSPS) is 18.0. The zero-order valence-electron chi connectivity index (χ0n) is 18.1. The lowest BCUT2D eigenvalue weighted by Crippen LogP contribution is -2.42. The van der Waals surface area contributed by atoms with E-state index in [9.17, 15) is 9.90 Å². The Hall–Kier alpha value is -2.57. The number of carbonyl (C=O) groups excluding carboxylic acids is 1. The van der Waals surface area contributed by atoms with Crippen LogP contribution in [0.2, 0.25) is 10.0 Å². The number of benzene rings is 3. The largest absolute Gasteiger partial charge is 0.445 e. The number of likely N-dealkylation sites (tertiary alicyclic amines) is 1. The van der Waals surface area contributed by atoms with E-state index in [0.29, 0.717) is 29.7 Å². The highest BCUT2D eigenvalue weighted by Crippen LogP contribution is 2.23. The Morgan fingerprint density at radius 3 is 1.94 bits per heavy atom. The fourth-order valence-electron chi connectivity index (χ4n) is 4.03. The summed E-state index contributed by atoms with van der Waals surface area (Å²) in [5.41, 5.74) is 3.07. The van der Waals surface area contributed by atoms with E-state index < -0.39 is 12.2 Å². The lowest BCUT2D eigenvalue weighted by atomic mass is 10.1. The fraction of sp³-hybridized carbons (Fsp3) is 0.269. The van der Waals surface area contributed by atoms with Crippen LogP contribution in [0.3, 0.4) is 0 Å². The summed E-state index contributed by atoms with van der Waals surface area (Å²) < 4.78 is 5.48. The molecule has 0 saturated carbocycles. The van der Waals surface area contributed by atoms with Gasteiger partial charge in [0, 0.05) is 29.7 Å². The molecular formula is C26H26Cl2N2O3. The van der Waals surface area contributed by atoms with E-state index in [-0.39, 0.29) is 19.2 Å². The van der Waals surface area contributed by atoms with Crippen LogP contribution in [0.25, 0.3) is 0 Å². The predicted octanol–water partition coefficient (Wildman–Crippen LogP) is 5.38. The van der Waals surface area contributed by atoms with Gasteiger partial charge < -0.3 is 14.7 Å². The molecule has 7 heteroatoms. The monoisotopic (exact) mass is 484 g/mol. The number of aliphatic hydroxyl groups excluding tert-OH is 1. The Labute approximate surface area is 204 Å². The third-order valence-electron chi connectivity index (χ3n) is 5.79. The van der Waals surface area contributed by atoms with Crippen molar-refractivity contribution in [3.05, 3.63) is 106 Å². The molecule has 0 radical (unpaired) electrons. The van der Waals surface area contributed by atoms with Crippen molar-refractivity contribution < 1.29 is 14.6 Å². The summed E-state index contributed by atoms with van der Waals surface area (Å²) in [5.74, 6) is 0. The van der Waals surface area contributed by atoms with Gasteiger partial charge in [-0.3, -0.25) is 4.90 Å². The standard InChI is InChI=1S/C26H26Cl2N2O3/c27-22-10-6-19(7-11-22)14-29(15-20-8-12-23(28)13-9-20)24-16-30(17-25(24)31)26(32)33-18-21-4-2-1-3-5-21/h1-13,24-25,31H,14-18H2/t24-,25-/m1/s1. The molecule has 1 saturated heterocycles. The molecule has 1 fully saturated rings. The van der Waals surface area contributed by atoms with Crippen LogP contribution in [-0.4, -0.2) is 46.2 Å². The van der Waals surface area contributed by atoms with Gasteiger partial charge in [-0.1, -0.05) is 77.8 Å². The SMILES string of the molecule is O=C(OCc1ccccc1)N1C[C@@H](O)[C@H](N(Cc2ccc(Cl)cc2)Cc2ccc(Cl)cc2)C1. The number of hydrogen-bond acceptors (Lipinski definition) is 4. The van der Waals surface area contributed by atoms with Crippen molar-refractivity contribution >= 4 is 29.3 Å². The highest BCUT2D eigenvalue weighted by molar-refractivity contribution is 6.30. The summed E-state index contributed by atoms with van der Waals surface area (Å²) in [4.78, 5) is 16.4. The van der Waals surface area contributed by atoms with Crippen LogP contribution in [-0.2, 0) is 24.4 Å². The summed E-state index contributed by atoms with van der Waals surface area (Å²) >= 11 is 12.1. The minimum atomic E-state index is -0.686. The molecule has 33 heavy (non-hydrogen) atoms. The van der Waals surface area contributed by atoms with Gasteiger partial charge in [-0.05, 0) is 41.0 Å². The molecule has 0 bridgehead atoms. The molecule has 0 aromatic heterocycles. The first kappa shape index (κ1) is 23.6. The minimum absolute atomic E-state index is 0.205. The number of aliphatic hydroxyl groups is 1. The second-order valence-corrected chi connectivity index (χ2v) is 9.11. The van der Waals surface area contributed by atoms with Crippen LogP contribution >= 0.6 is 23.2 Å². The van der Waals surface area contributed by atoms with Gasteiger partial charge in [0.25, 0.3) is 0 Å². The number of nitrogens with zero attached hydrogens (tertiary/aromatic N) is 2.